The van der Waals surface area contributed by atoms with Crippen molar-refractivity contribution >= 4 is 23.2 Å². The lowest BCUT2D eigenvalue weighted by atomic mass is 9.92. The number of rotatable bonds is 3. The molecule has 1 N–H and O–H groups in total. The second-order valence-electron chi connectivity index (χ2n) is 4.19. The lowest BCUT2D eigenvalue weighted by molar-refractivity contribution is -0.385. The molecule has 6 heteroatoms. The number of nitrogens with zero attached hydrogens (tertiary/aromatic N) is 1. The molecule has 0 radical (unpaired) electrons. The van der Waals surface area contributed by atoms with E-state index < -0.39 is 16.9 Å². The minimum absolute atomic E-state index is 0.0350. The maximum Gasteiger partial charge on any atom is 0.269 e. The molecule has 1 aliphatic rings. The van der Waals surface area contributed by atoms with Crippen LogP contribution in [0.4, 0.5) is 5.69 Å². The van der Waals surface area contributed by atoms with E-state index in [9.17, 15) is 20.0 Å². The van der Waals surface area contributed by atoms with Crippen LogP contribution in [0.5, 0.6) is 0 Å². The van der Waals surface area contributed by atoms with Crippen LogP contribution in [0.2, 0.25) is 0 Å². The Hall–Kier alpha value is -1.40. The van der Waals surface area contributed by atoms with Crippen molar-refractivity contribution in [3.05, 3.63) is 39.9 Å². The van der Waals surface area contributed by atoms with E-state index in [4.69, 9.17) is 0 Å². The molecule has 0 unspecified atom stereocenters. The van der Waals surface area contributed by atoms with Crippen LogP contribution in [0.3, 0.4) is 0 Å². The third kappa shape index (κ3) is 2.70. The number of hydrogen-bond acceptors (Lipinski definition) is 5. The van der Waals surface area contributed by atoms with Crippen molar-refractivity contribution in [1.82, 2.24) is 0 Å². The second-order valence-corrected chi connectivity index (χ2v) is 5.34. The normalized spacial score (nSPS) is 21.6. The van der Waals surface area contributed by atoms with E-state index >= 15 is 0 Å². The minimum atomic E-state index is -0.954. The van der Waals surface area contributed by atoms with Gasteiger partial charge in [0.25, 0.3) is 5.69 Å². The quantitative estimate of drug-likeness (QED) is 0.668. The summed E-state index contributed by atoms with van der Waals surface area (Å²) in [5.74, 6) is 0.943. The van der Waals surface area contributed by atoms with Crippen LogP contribution in [-0.2, 0) is 4.79 Å². The Morgan fingerprint density at radius 1 is 1.50 bits per heavy atom. The Balaban J connectivity index is 2.22. The first-order valence-electron chi connectivity index (χ1n) is 5.62. The summed E-state index contributed by atoms with van der Waals surface area (Å²) in [6, 6.07) is 5.84. The summed E-state index contributed by atoms with van der Waals surface area (Å²) in [5.41, 5.74) is 0.368. The zero-order chi connectivity index (χ0) is 13.1. The predicted molar refractivity (Wildman–Crippen MR) is 68.5 cm³/mol. The molecule has 0 bridgehead atoms. The Morgan fingerprint density at radius 2 is 2.28 bits per heavy atom. The van der Waals surface area contributed by atoms with Gasteiger partial charge in [-0.3, -0.25) is 14.9 Å². The maximum atomic E-state index is 11.7. The van der Waals surface area contributed by atoms with Crippen molar-refractivity contribution in [3.8, 4) is 0 Å². The standard InChI is InChI=1S/C12H13NO4S/c14-11-4-5-18-7-10(11)12(15)8-2-1-3-9(6-8)13(16)17/h1-3,6,10,12,15H,4-5,7H2/t10-,12+/m0/s1. The molecule has 1 fully saturated rings. The van der Waals surface area contributed by atoms with E-state index in [0.29, 0.717) is 17.7 Å². The molecule has 1 aromatic rings. The fourth-order valence-electron chi connectivity index (χ4n) is 1.98. The van der Waals surface area contributed by atoms with Crippen molar-refractivity contribution in [3.63, 3.8) is 0 Å². The molecule has 1 saturated heterocycles. The number of ketones is 1. The molecule has 0 saturated carbocycles. The van der Waals surface area contributed by atoms with Crippen molar-refractivity contribution in [1.29, 1.82) is 0 Å². The summed E-state index contributed by atoms with van der Waals surface area (Å²) in [6.07, 6.45) is -0.494. The molecule has 2 rings (SSSR count). The summed E-state index contributed by atoms with van der Waals surface area (Å²) < 4.78 is 0. The average Bonchev–Trinajstić information content (AvgIpc) is 2.38. The molecule has 2 atom stereocenters. The number of nitro benzene ring substituents is 1. The molecule has 0 aliphatic carbocycles. The number of non-ortho nitro benzene ring substituents is 1. The predicted octanol–water partition coefficient (Wildman–Crippen LogP) is 1.95. The number of carbonyl (C=O) groups excluding carboxylic acids is 1. The van der Waals surface area contributed by atoms with Crippen molar-refractivity contribution in [2.24, 2.45) is 5.92 Å². The summed E-state index contributed by atoms with van der Waals surface area (Å²) in [4.78, 5) is 21.9. The molecular weight excluding hydrogens is 254 g/mol. The first-order valence-corrected chi connectivity index (χ1v) is 6.78. The molecule has 1 heterocycles. The Labute approximate surface area is 108 Å². The zero-order valence-corrected chi connectivity index (χ0v) is 10.4. The van der Waals surface area contributed by atoms with Gasteiger partial charge < -0.3 is 5.11 Å². The minimum Gasteiger partial charge on any atom is -0.388 e. The Kier molecular flexibility index (Phi) is 3.98. The van der Waals surface area contributed by atoms with E-state index in [1.165, 1.54) is 18.2 Å². The largest absolute Gasteiger partial charge is 0.388 e. The third-order valence-electron chi connectivity index (χ3n) is 3.01. The number of carbonyl (C=O) groups is 1. The van der Waals surface area contributed by atoms with E-state index in [2.05, 4.69) is 0 Å². The number of Topliss-reactive ketones (excluding diaryl/α,β-unsaturated/α-hetero) is 1. The van der Waals surface area contributed by atoms with E-state index in [-0.39, 0.29) is 11.5 Å². The van der Waals surface area contributed by atoms with Crippen LogP contribution in [0, 0.1) is 16.0 Å². The highest BCUT2D eigenvalue weighted by atomic mass is 32.2. The molecule has 0 amide bonds. The van der Waals surface area contributed by atoms with Gasteiger partial charge in [-0.2, -0.15) is 11.8 Å². The number of aliphatic hydroxyl groups excluding tert-OH is 1. The monoisotopic (exact) mass is 267 g/mol. The van der Waals surface area contributed by atoms with Crippen molar-refractivity contribution in [2.75, 3.05) is 11.5 Å². The molecule has 5 nitrogen and oxygen atoms in total. The maximum absolute atomic E-state index is 11.7. The van der Waals surface area contributed by atoms with Gasteiger partial charge in [0.15, 0.2) is 0 Å². The summed E-state index contributed by atoms with van der Waals surface area (Å²) in [5, 5.41) is 20.8. The lowest BCUT2D eigenvalue weighted by Gasteiger charge is -2.25. The third-order valence-corrected chi connectivity index (χ3v) is 4.10. The van der Waals surface area contributed by atoms with Gasteiger partial charge in [-0.1, -0.05) is 12.1 Å². The van der Waals surface area contributed by atoms with Gasteiger partial charge in [0.1, 0.15) is 5.78 Å². The van der Waals surface area contributed by atoms with Gasteiger partial charge in [-0.15, -0.1) is 0 Å². The zero-order valence-electron chi connectivity index (χ0n) is 9.61. The highest BCUT2D eigenvalue weighted by Gasteiger charge is 2.30. The van der Waals surface area contributed by atoms with Crippen molar-refractivity contribution in [2.45, 2.75) is 12.5 Å². The van der Waals surface area contributed by atoms with Gasteiger partial charge in [0, 0.05) is 30.1 Å². The number of benzene rings is 1. The smallest absolute Gasteiger partial charge is 0.269 e. The molecule has 0 spiro atoms. The van der Waals surface area contributed by atoms with Crippen LogP contribution in [0.15, 0.2) is 24.3 Å². The molecule has 96 valence electrons. The van der Waals surface area contributed by atoms with E-state index in [1.807, 2.05) is 0 Å². The van der Waals surface area contributed by atoms with Crippen LogP contribution in [-0.4, -0.2) is 27.3 Å². The SMILES string of the molecule is O=C1CCSC[C@@H]1[C@H](O)c1cccc([N+](=O)[O-])c1. The first-order chi connectivity index (χ1) is 8.59. The van der Waals surface area contributed by atoms with E-state index in [0.717, 1.165) is 5.75 Å². The fraction of sp³-hybridized carbons (Fsp3) is 0.417. The van der Waals surface area contributed by atoms with Gasteiger partial charge in [-0.05, 0) is 5.56 Å². The van der Waals surface area contributed by atoms with E-state index in [1.54, 1.807) is 17.8 Å². The van der Waals surface area contributed by atoms with Gasteiger partial charge in [0.05, 0.1) is 16.9 Å². The molecule has 0 aromatic heterocycles. The topological polar surface area (TPSA) is 80.4 Å². The Bertz CT molecular complexity index is 477. The van der Waals surface area contributed by atoms with Crippen LogP contribution in [0.25, 0.3) is 0 Å². The fourth-order valence-corrected chi connectivity index (χ4v) is 3.12. The Morgan fingerprint density at radius 3 is 2.94 bits per heavy atom. The number of hydrogen-bond donors (Lipinski definition) is 1. The molecular formula is C12H13NO4S. The second kappa shape index (κ2) is 5.49. The molecule has 1 aromatic carbocycles. The van der Waals surface area contributed by atoms with Crippen LogP contribution in [0.1, 0.15) is 18.1 Å². The number of nitro groups is 1. The summed E-state index contributed by atoms with van der Waals surface area (Å²) >= 11 is 1.63. The average molecular weight is 267 g/mol. The van der Waals surface area contributed by atoms with Gasteiger partial charge in [-0.25, -0.2) is 0 Å². The van der Waals surface area contributed by atoms with Gasteiger partial charge in [0.2, 0.25) is 0 Å². The highest BCUT2D eigenvalue weighted by Crippen LogP contribution is 2.32. The lowest BCUT2D eigenvalue weighted by Crippen LogP contribution is -2.28. The number of thioether (sulfide) groups is 1. The van der Waals surface area contributed by atoms with Crippen LogP contribution < -0.4 is 0 Å². The summed E-state index contributed by atoms with van der Waals surface area (Å²) in [6.45, 7) is 0. The molecule has 18 heavy (non-hydrogen) atoms. The van der Waals surface area contributed by atoms with Crippen molar-refractivity contribution < 1.29 is 14.8 Å². The van der Waals surface area contributed by atoms with Crippen LogP contribution >= 0.6 is 11.8 Å². The highest BCUT2D eigenvalue weighted by molar-refractivity contribution is 7.99. The number of aliphatic hydroxyl groups is 1. The molecule has 1 aliphatic heterocycles. The van der Waals surface area contributed by atoms with Gasteiger partial charge >= 0.3 is 0 Å². The first kappa shape index (κ1) is 13.0. The summed E-state index contributed by atoms with van der Waals surface area (Å²) in [7, 11) is 0.